The lowest BCUT2D eigenvalue weighted by molar-refractivity contribution is 0.223. The number of hydrogen-bond donors (Lipinski definition) is 0. The zero-order valence-electron chi connectivity index (χ0n) is 11.7. The van der Waals surface area contributed by atoms with E-state index in [9.17, 15) is 0 Å². The van der Waals surface area contributed by atoms with Crippen molar-refractivity contribution >= 4 is 0 Å². The lowest BCUT2D eigenvalue weighted by atomic mass is 9.65. The smallest absolute Gasteiger partial charge is 0.0162 e. The first-order valence-electron chi connectivity index (χ1n) is 7.91. The molecule has 0 nitrogen and oxygen atoms in total. The quantitative estimate of drug-likeness (QED) is 0.579. The van der Waals surface area contributed by atoms with Crippen LogP contribution in [0, 0.1) is 17.8 Å². The predicted molar refractivity (Wildman–Crippen MR) is 78.4 cm³/mol. The largest absolute Gasteiger partial charge is 0.0882 e. The second kappa shape index (κ2) is 5.47. The van der Waals surface area contributed by atoms with Gasteiger partial charge in [0.25, 0.3) is 0 Å². The highest BCUT2D eigenvalue weighted by Gasteiger charge is 2.34. The van der Waals surface area contributed by atoms with Gasteiger partial charge in [0.05, 0.1) is 0 Å². The fourth-order valence-corrected chi connectivity index (χ4v) is 4.02. The van der Waals surface area contributed by atoms with Gasteiger partial charge >= 0.3 is 0 Å². The van der Waals surface area contributed by atoms with Crippen molar-refractivity contribution < 1.29 is 0 Å². The Morgan fingerprint density at radius 2 is 1.94 bits per heavy atom. The van der Waals surface area contributed by atoms with E-state index in [0.29, 0.717) is 0 Å². The number of unbranched alkanes of at least 4 members (excludes halogenated alkanes) is 1. The molecular weight excluding hydrogens is 216 g/mol. The Balaban J connectivity index is 1.69. The predicted octanol–water partition coefficient (Wildman–Crippen LogP) is 5.43. The Hall–Kier alpha value is -0.780. The SMILES string of the molecule is CCCCC1=CCC2CC3CC=CCC3CC2=C1. The minimum atomic E-state index is 0.892. The molecule has 1 saturated carbocycles. The molecule has 0 heteroatoms. The molecule has 0 radical (unpaired) electrons. The van der Waals surface area contributed by atoms with Crippen LogP contribution in [-0.2, 0) is 0 Å². The minimum absolute atomic E-state index is 0.892. The maximum absolute atomic E-state index is 2.57. The lowest BCUT2D eigenvalue weighted by Crippen LogP contribution is -2.28. The molecule has 0 bridgehead atoms. The van der Waals surface area contributed by atoms with E-state index in [1.165, 1.54) is 51.4 Å². The van der Waals surface area contributed by atoms with E-state index in [1.807, 2.05) is 0 Å². The van der Waals surface area contributed by atoms with Gasteiger partial charge in [0.2, 0.25) is 0 Å². The molecule has 18 heavy (non-hydrogen) atoms. The molecule has 0 heterocycles. The molecule has 0 aromatic carbocycles. The maximum Gasteiger partial charge on any atom is -0.0162 e. The first kappa shape index (κ1) is 12.3. The summed E-state index contributed by atoms with van der Waals surface area (Å²) in [7, 11) is 0. The molecule has 3 unspecified atom stereocenters. The van der Waals surface area contributed by atoms with Crippen LogP contribution >= 0.6 is 0 Å². The average Bonchev–Trinajstić information content (AvgIpc) is 2.42. The van der Waals surface area contributed by atoms with Gasteiger partial charge in [0.15, 0.2) is 0 Å². The van der Waals surface area contributed by atoms with E-state index in [4.69, 9.17) is 0 Å². The van der Waals surface area contributed by atoms with Crippen molar-refractivity contribution in [3.05, 3.63) is 35.5 Å². The van der Waals surface area contributed by atoms with Gasteiger partial charge < -0.3 is 0 Å². The fourth-order valence-electron chi connectivity index (χ4n) is 4.02. The highest BCUT2D eigenvalue weighted by Crippen LogP contribution is 2.46. The van der Waals surface area contributed by atoms with Crippen molar-refractivity contribution in [1.82, 2.24) is 0 Å². The molecule has 98 valence electrons. The van der Waals surface area contributed by atoms with Crippen LogP contribution < -0.4 is 0 Å². The monoisotopic (exact) mass is 242 g/mol. The maximum atomic E-state index is 2.57. The van der Waals surface area contributed by atoms with Crippen molar-refractivity contribution in [2.75, 3.05) is 0 Å². The Labute approximate surface area is 112 Å². The van der Waals surface area contributed by atoms with E-state index < -0.39 is 0 Å². The summed E-state index contributed by atoms with van der Waals surface area (Å²) in [5.74, 6) is 2.84. The molecule has 3 atom stereocenters. The third kappa shape index (κ3) is 2.48. The molecule has 0 aliphatic heterocycles. The molecule has 0 N–H and O–H groups in total. The minimum Gasteiger partial charge on any atom is -0.0882 e. The molecule has 1 fully saturated rings. The van der Waals surface area contributed by atoms with Crippen LogP contribution in [0.2, 0.25) is 0 Å². The van der Waals surface area contributed by atoms with Crippen molar-refractivity contribution in [3.63, 3.8) is 0 Å². The third-order valence-corrected chi connectivity index (χ3v) is 5.17. The highest BCUT2D eigenvalue weighted by molar-refractivity contribution is 5.31. The van der Waals surface area contributed by atoms with Crippen LogP contribution in [0.5, 0.6) is 0 Å². The highest BCUT2D eigenvalue weighted by atomic mass is 14.4. The summed E-state index contributed by atoms with van der Waals surface area (Å²) in [5.41, 5.74) is 3.42. The van der Waals surface area contributed by atoms with Crippen LogP contribution in [0.3, 0.4) is 0 Å². The van der Waals surface area contributed by atoms with E-state index in [0.717, 1.165) is 17.8 Å². The Morgan fingerprint density at radius 3 is 2.78 bits per heavy atom. The summed E-state index contributed by atoms with van der Waals surface area (Å²) in [5, 5.41) is 0. The van der Waals surface area contributed by atoms with E-state index in [1.54, 1.807) is 11.1 Å². The van der Waals surface area contributed by atoms with Crippen molar-refractivity contribution in [2.45, 2.75) is 58.3 Å². The van der Waals surface area contributed by atoms with Gasteiger partial charge in [-0.15, -0.1) is 0 Å². The summed E-state index contributed by atoms with van der Waals surface area (Å²) in [4.78, 5) is 0. The summed E-state index contributed by atoms with van der Waals surface area (Å²) in [6, 6.07) is 0. The summed E-state index contributed by atoms with van der Waals surface area (Å²) >= 11 is 0. The Morgan fingerprint density at radius 1 is 1.11 bits per heavy atom. The van der Waals surface area contributed by atoms with Gasteiger partial charge in [-0.2, -0.15) is 0 Å². The Bertz CT molecular complexity index is 383. The summed E-state index contributed by atoms with van der Waals surface area (Å²) in [6.45, 7) is 2.29. The Kier molecular flexibility index (Phi) is 3.72. The van der Waals surface area contributed by atoms with Crippen molar-refractivity contribution in [1.29, 1.82) is 0 Å². The van der Waals surface area contributed by atoms with Gasteiger partial charge in [-0.25, -0.2) is 0 Å². The number of fused-ring (bicyclic) bond motifs is 2. The second-order valence-corrected chi connectivity index (χ2v) is 6.44. The summed E-state index contributed by atoms with van der Waals surface area (Å²) < 4.78 is 0. The van der Waals surface area contributed by atoms with Gasteiger partial charge in [0, 0.05) is 0 Å². The lowest BCUT2D eigenvalue weighted by Gasteiger charge is -2.40. The fraction of sp³-hybridized carbons (Fsp3) is 0.667. The number of allylic oxidation sites excluding steroid dienone is 6. The second-order valence-electron chi connectivity index (χ2n) is 6.44. The zero-order valence-corrected chi connectivity index (χ0v) is 11.7. The molecule has 0 spiro atoms. The molecule has 0 saturated heterocycles. The van der Waals surface area contributed by atoms with Gasteiger partial charge in [-0.1, -0.05) is 48.8 Å². The first-order chi connectivity index (χ1) is 8.86. The van der Waals surface area contributed by atoms with Crippen molar-refractivity contribution in [3.8, 4) is 0 Å². The van der Waals surface area contributed by atoms with E-state index in [-0.39, 0.29) is 0 Å². The van der Waals surface area contributed by atoms with Gasteiger partial charge in [-0.3, -0.25) is 0 Å². The third-order valence-electron chi connectivity index (χ3n) is 5.17. The first-order valence-corrected chi connectivity index (χ1v) is 7.91. The normalized spacial score (nSPS) is 34.4. The number of rotatable bonds is 3. The van der Waals surface area contributed by atoms with Gasteiger partial charge in [0.1, 0.15) is 0 Å². The molecule has 0 aromatic rings. The standard InChI is InChI=1S/C18H26/c1-2-3-6-14-9-10-17-12-15-7-4-5-8-16(15)13-18(17)11-14/h4-5,9,11,15-17H,2-3,6-8,10,12-13H2,1H3. The molecule has 0 aromatic heterocycles. The van der Waals surface area contributed by atoms with Crippen LogP contribution in [-0.4, -0.2) is 0 Å². The van der Waals surface area contributed by atoms with Crippen LogP contribution in [0.15, 0.2) is 35.5 Å². The zero-order chi connectivity index (χ0) is 12.4. The van der Waals surface area contributed by atoms with Crippen molar-refractivity contribution in [2.24, 2.45) is 17.8 Å². The molecule has 3 aliphatic rings. The molecular formula is C18H26. The van der Waals surface area contributed by atoms with Crippen LogP contribution in [0.25, 0.3) is 0 Å². The van der Waals surface area contributed by atoms with Crippen LogP contribution in [0.4, 0.5) is 0 Å². The van der Waals surface area contributed by atoms with E-state index >= 15 is 0 Å². The summed E-state index contributed by atoms with van der Waals surface area (Å²) in [6.07, 6.45) is 20.8. The van der Waals surface area contributed by atoms with E-state index in [2.05, 4.69) is 31.2 Å². The molecule has 3 rings (SSSR count). The van der Waals surface area contributed by atoms with Crippen LogP contribution in [0.1, 0.15) is 58.3 Å². The molecule has 0 amide bonds. The molecule has 3 aliphatic carbocycles. The average molecular weight is 242 g/mol. The van der Waals surface area contributed by atoms with Gasteiger partial charge in [-0.05, 0) is 62.7 Å². The number of hydrogen-bond acceptors (Lipinski definition) is 0. The topological polar surface area (TPSA) is 0 Å².